The number of H-pyrrole nitrogens is 1. The van der Waals surface area contributed by atoms with Crippen molar-refractivity contribution < 1.29 is 45.5 Å². The Labute approximate surface area is 327 Å². The molecule has 3 aromatic heterocycles. The molecule has 14 nitrogen and oxygen atoms in total. The van der Waals surface area contributed by atoms with Crippen molar-refractivity contribution in [2.75, 3.05) is 61.7 Å². The Morgan fingerprint density at radius 2 is 1.81 bits per heavy atom. The van der Waals surface area contributed by atoms with Crippen molar-refractivity contribution in [2.45, 2.75) is 38.8 Å². The summed E-state index contributed by atoms with van der Waals surface area (Å²) in [6.45, 7) is 7.90. The minimum Gasteiger partial charge on any atom is -0.481 e. The molecule has 0 spiro atoms. The number of carboxylic acid groups (broad SMARTS) is 1. The molecule has 0 saturated carbocycles. The van der Waals surface area contributed by atoms with Gasteiger partial charge in [-0.2, -0.15) is 4.41 Å². The van der Waals surface area contributed by atoms with Gasteiger partial charge in [-0.15, -0.1) is 0 Å². The lowest BCUT2D eigenvalue weighted by Crippen LogP contribution is -2.46. The van der Waals surface area contributed by atoms with Gasteiger partial charge in [0.1, 0.15) is 29.2 Å². The van der Waals surface area contributed by atoms with Crippen molar-refractivity contribution in [1.29, 1.82) is 0 Å². The third kappa shape index (κ3) is 8.47. The highest BCUT2D eigenvalue weighted by atomic mass is 32.2. The fraction of sp³-hybridized carbons (Fsp3) is 0.385. The number of nitrogens with zero attached hydrogens (tertiary/aromatic N) is 6. The molecule has 0 amide bonds. The molecular formula is C39H42F3N7O7S. The minimum atomic E-state index is -3.48. The molecule has 2 fully saturated rings. The molecule has 7 rings (SSSR count). The van der Waals surface area contributed by atoms with E-state index in [4.69, 9.17) is 9.26 Å². The molecule has 5 heterocycles. The summed E-state index contributed by atoms with van der Waals surface area (Å²) in [5.74, 6) is -4.91. The summed E-state index contributed by atoms with van der Waals surface area (Å²) in [6, 6.07) is 12.9. The quantitative estimate of drug-likeness (QED) is 0.0699. The van der Waals surface area contributed by atoms with Crippen LogP contribution in [-0.2, 0) is 15.7 Å². The molecule has 0 bridgehead atoms. The summed E-state index contributed by atoms with van der Waals surface area (Å²) < 4.78 is 80.8. The summed E-state index contributed by atoms with van der Waals surface area (Å²) in [5.41, 5.74) is 1.26. The molecule has 0 aliphatic carbocycles. The molecule has 2 saturated heterocycles. The first-order chi connectivity index (χ1) is 27.4. The van der Waals surface area contributed by atoms with Crippen LogP contribution in [0.1, 0.15) is 54.3 Å². The molecular weight excluding hydrogens is 768 g/mol. The number of halogens is 3. The topological polar surface area (TPSA) is 165 Å². The van der Waals surface area contributed by atoms with Crippen LogP contribution in [0.5, 0.6) is 5.88 Å². The number of piperazine rings is 1. The third-order valence-corrected chi connectivity index (χ3v) is 11.2. The first kappa shape index (κ1) is 39.8. The van der Waals surface area contributed by atoms with Gasteiger partial charge in [-0.05, 0) is 59.8 Å². The first-order valence-electron chi connectivity index (χ1n) is 18.6. The second-order valence-electron chi connectivity index (χ2n) is 14.4. The van der Waals surface area contributed by atoms with Crippen LogP contribution in [0.15, 0.2) is 65.4 Å². The fourth-order valence-electron chi connectivity index (χ4n) is 7.39. The minimum absolute atomic E-state index is 0.00354. The van der Waals surface area contributed by atoms with Gasteiger partial charge in [0, 0.05) is 79.9 Å². The van der Waals surface area contributed by atoms with E-state index in [1.165, 1.54) is 6.20 Å². The number of aliphatic carboxylic acids is 1. The van der Waals surface area contributed by atoms with Crippen molar-refractivity contribution in [2.24, 2.45) is 5.92 Å². The van der Waals surface area contributed by atoms with Gasteiger partial charge in [0.25, 0.3) is 5.88 Å². The standard InChI is InChI=1S/C39H42F3N7O7S/c1-23(2)34(39(51)52)32-19-33(45-56-32)55-17-3-11-46-13-15-47(16-14-46)27-6-4-24(5-7-27)25-18-28-29(21-44-38(28)43-20-25)37(50)35-30(41)8-9-31(36(35)42)49(57(53)54)48-12-10-26(40)22-48/h4-9,18-21,23,26,34,57H,3,10-17,22H2,1-2H3,(H,43,44)(H,51,52)/t26-,34?/m1/s1. The number of benzene rings is 2. The normalized spacial score (nSPS) is 17.2. The van der Waals surface area contributed by atoms with E-state index in [0.717, 1.165) is 67.5 Å². The Morgan fingerprint density at radius 1 is 1.05 bits per heavy atom. The van der Waals surface area contributed by atoms with E-state index >= 15 is 8.78 Å². The van der Waals surface area contributed by atoms with Crippen LogP contribution in [0.4, 0.5) is 24.5 Å². The van der Waals surface area contributed by atoms with Crippen LogP contribution in [0.25, 0.3) is 22.2 Å². The van der Waals surface area contributed by atoms with E-state index < -0.39 is 57.6 Å². The number of hydrazine groups is 1. The number of nitrogens with one attached hydrogen (secondary N) is 1. The molecule has 2 aromatic carbocycles. The summed E-state index contributed by atoms with van der Waals surface area (Å²) in [5, 5.41) is 14.8. The molecule has 2 aliphatic heterocycles. The number of aromatic nitrogens is 3. The monoisotopic (exact) mass is 809 g/mol. The number of anilines is 2. The zero-order valence-electron chi connectivity index (χ0n) is 31.2. The third-order valence-electron chi connectivity index (χ3n) is 10.4. The second-order valence-corrected chi connectivity index (χ2v) is 15.3. The lowest BCUT2D eigenvalue weighted by atomic mass is 9.94. The van der Waals surface area contributed by atoms with Gasteiger partial charge in [0.05, 0.1) is 18.7 Å². The van der Waals surface area contributed by atoms with Gasteiger partial charge in [-0.1, -0.05) is 26.0 Å². The molecule has 2 atom stereocenters. The van der Waals surface area contributed by atoms with Gasteiger partial charge < -0.3 is 24.3 Å². The van der Waals surface area contributed by atoms with Gasteiger partial charge in [-0.3, -0.25) is 14.5 Å². The smallest absolute Gasteiger partial charge is 0.314 e. The Balaban J connectivity index is 0.971. The molecule has 2 N–H and O–H groups in total. The van der Waals surface area contributed by atoms with Gasteiger partial charge in [-0.25, -0.2) is 31.6 Å². The number of carboxylic acids is 1. The van der Waals surface area contributed by atoms with Gasteiger partial charge in [0.2, 0.25) is 16.7 Å². The van der Waals surface area contributed by atoms with Crippen LogP contribution in [0.3, 0.4) is 0 Å². The number of fused-ring (bicyclic) bond motifs is 1. The summed E-state index contributed by atoms with van der Waals surface area (Å²) >= 11 is 0. The predicted molar refractivity (Wildman–Crippen MR) is 206 cm³/mol. The number of carbonyl (C=O) groups excluding carboxylic acids is 1. The summed E-state index contributed by atoms with van der Waals surface area (Å²) in [7, 11) is -3.48. The number of hydrogen-bond acceptors (Lipinski definition) is 11. The lowest BCUT2D eigenvalue weighted by molar-refractivity contribution is -0.140. The fourth-order valence-corrected chi connectivity index (χ4v) is 8.08. The van der Waals surface area contributed by atoms with E-state index in [9.17, 15) is 27.5 Å². The molecule has 2 aliphatic rings. The number of alkyl halides is 1. The Morgan fingerprint density at radius 3 is 2.47 bits per heavy atom. The summed E-state index contributed by atoms with van der Waals surface area (Å²) in [6.07, 6.45) is 2.43. The van der Waals surface area contributed by atoms with Crippen LogP contribution < -0.4 is 14.1 Å². The number of rotatable bonds is 15. The highest BCUT2D eigenvalue weighted by Gasteiger charge is 2.33. The number of ether oxygens (including phenoxy) is 1. The average Bonchev–Trinajstić information content (AvgIpc) is 3.94. The van der Waals surface area contributed by atoms with Crippen molar-refractivity contribution in [3.05, 3.63) is 89.4 Å². The average molecular weight is 810 g/mol. The number of aromatic amines is 1. The Kier molecular flexibility index (Phi) is 11.8. The molecule has 302 valence electrons. The van der Waals surface area contributed by atoms with Crippen molar-refractivity contribution >= 4 is 45.1 Å². The Hall–Kier alpha value is -5.46. The molecule has 1 unspecified atom stereocenters. The molecule has 18 heteroatoms. The summed E-state index contributed by atoms with van der Waals surface area (Å²) in [4.78, 5) is 37.3. The van der Waals surface area contributed by atoms with E-state index in [0.29, 0.717) is 27.6 Å². The highest BCUT2D eigenvalue weighted by Crippen LogP contribution is 2.33. The van der Waals surface area contributed by atoms with Crippen molar-refractivity contribution in [3.8, 4) is 17.0 Å². The van der Waals surface area contributed by atoms with Crippen molar-refractivity contribution in [1.82, 2.24) is 25.0 Å². The number of thiol groups is 1. The zero-order valence-corrected chi connectivity index (χ0v) is 32.1. The highest BCUT2D eigenvalue weighted by molar-refractivity contribution is 7.73. The van der Waals surface area contributed by atoms with Crippen LogP contribution in [0.2, 0.25) is 0 Å². The first-order valence-corrected chi connectivity index (χ1v) is 19.8. The molecule has 0 radical (unpaired) electrons. The van der Waals surface area contributed by atoms with Crippen LogP contribution in [-0.4, -0.2) is 109 Å². The lowest BCUT2D eigenvalue weighted by Gasteiger charge is -2.36. The van der Waals surface area contributed by atoms with E-state index in [1.54, 1.807) is 18.3 Å². The number of pyridine rings is 1. The molecule has 5 aromatic rings. The Bertz CT molecular complexity index is 2320. The SMILES string of the molecule is CC(C)C(C(=O)O)c1cc(OCCCN2CCN(c3ccc(-c4cnc5[nH]cc(C(=O)c6c(F)ccc(N(N7CC[C@@H](F)C7)[SH](=O)=O)c6F)c5c4)cc3)CC2)no1. The number of carbonyl (C=O) groups is 2. The molecule has 57 heavy (non-hydrogen) atoms. The van der Waals surface area contributed by atoms with E-state index in [1.807, 2.05) is 38.1 Å². The van der Waals surface area contributed by atoms with E-state index in [-0.39, 0.29) is 42.6 Å². The van der Waals surface area contributed by atoms with Crippen LogP contribution in [0, 0.1) is 17.6 Å². The van der Waals surface area contributed by atoms with Crippen LogP contribution >= 0.6 is 0 Å². The maximum atomic E-state index is 15.9. The zero-order chi connectivity index (χ0) is 40.4. The largest absolute Gasteiger partial charge is 0.481 e. The maximum Gasteiger partial charge on any atom is 0.314 e. The number of ketones is 1. The number of hydrogen-bond donors (Lipinski definition) is 3. The van der Waals surface area contributed by atoms with Gasteiger partial charge >= 0.3 is 5.97 Å². The second kappa shape index (κ2) is 17.0. The van der Waals surface area contributed by atoms with Crippen molar-refractivity contribution in [3.63, 3.8) is 0 Å². The predicted octanol–water partition coefficient (Wildman–Crippen LogP) is 5.43. The van der Waals surface area contributed by atoms with Gasteiger partial charge in [0.15, 0.2) is 11.6 Å². The maximum absolute atomic E-state index is 15.9. The van der Waals surface area contributed by atoms with E-state index in [2.05, 4.69) is 24.9 Å².